The van der Waals surface area contributed by atoms with Crippen LogP contribution in [0.15, 0.2) is 0 Å². The van der Waals surface area contributed by atoms with Gasteiger partial charge in [0.2, 0.25) is 0 Å². The highest BCUT2D eigenvalue weighted by atomic mass is 28.5. The predicted molar refractivity (Wildman–Crippen MR) is 154 cm³/mol. The zero-order valence-electron chi connectivity index (χ0n) is 25.9. The molecular formula is C29H52O9Si2. The molecule has 2 aliphatic carbocycles. The minimum Gasteiger partial charge on any atom is -0.457 e. The van der Waals surface area contributed by atoms with Crippen molar-refractivity contribution in [2.24, 2.45) is 0 Å². The molecule has 2 saturated carbocycles. The summed E-state index contributed by atoms with van der Waals surface area (Å²) in [4.78, 5) is 24.4. The largest absolute Gasteiger partial charge is 0.457 e. The van der Waals surface area contributed by atoms with Crippen LogP contribution in [-0.2, 0) is 36.8 Å². The van der Waals surface area contributed by atoms with Crippen molar-refractivity contribution in [2.45, 2.75) is 172 Å². The molecule has 2 saturated heterocycles. The van der Waals surface area contributed by atoms with Crippen molar-refractivity contribution in [3.8, 4) is 0 Å². The van der Waals surface area contributed by atoms with Crippen LogP contribution in [0.4, 0.5) is 0 Å². The van der Waals surface area contributed by atoms with Crippen molar-refractivity contribution in [3.05, 3.63) is 0 Å². The van der Waals surface area contributed by atoms with Crippen LogP contribution in [0.5, 0.6) is 0 Å². The average Bonchev–Trinajstić information content (AvgIpc) is 3.12. The third-order valence-electron chi connectivity index (χ3n) is 9.41. The second-order valence-corrected chi connectivity index (χ2v) is 22.4. The summed E-state index contributed by atoms with van der Waals surface area (Å²) in [5.41, 5.74) is 0.433. The van der Waals surface area contributed by atoms with Crippen LogP contribution in [-0.4, -0.2) is 76.4 Å². The van der Waals surface area contributed by atoms with E-state index in [1.807, 2.05) is 0 Å². The highest BCUT2D eigenvalue weighted by Gasteiger charge is 2.69. The maximum absolute atomic E-state index is 12.9. The summed E-state index contributed by atoms with van der Waals surface area (Å²) in [6.45, 7) is 18.6. The van der Waals surface area contributed by atoms with Crippen LogP contribution >= 0.6 is 0 Å². The van der Waals surface area contributed by atoms with Gasteiger partial charge >= 0.3 is 23.1 Å². The third kappa shape index (κ3) is 5.78. The van der Waals surface area contributed by atoms with Gasteiger partial charge in [0.05, 0.1) is 6.42 Å². The van der Waals surface area contributed by atoms with Gasteiger partial charge in [0.25, 0.3) is 0 Å². The number of hydrogen-bond acceptors (Lipinski definition) is 9. The first-order valence-corrected chi connectivity index (χ1v) is 19.4. The monoisotopic (exact) mass is 600 g/mol. The van der Waals surface area contributed by atoms with E-state index in [1.54, 1.807) is 0 Å². The van der Waals surface area contributed by atoms with Crippen LogP contribution in [0.25, 0.3) is 0 Å². The number of aliphatic hydroxyl groups is 1. The van der Waals surface area contributed by atoms with Crippen molar-refractivity contribution < 1.29 is 41.9 Å². The lowest BCUT2D eigenvalue weighted by Gasteiger charge is -2.46. The molecule has 40 heavy (non-hydrogen) atoms. The lowest BCUT2D eigenvalue weighted by atomic mass is 9.85. The SMILES string of the molecule is CC(=O)CCC(=O)O[C@@H]1[C@@H](O)[C@@H]2O[Si](C(C)C)(C(C)C)O[Si](C(C)C)(C(C)C)O[C@H]2[C@H]2OC3(CCCCC3)O[C@H]21. The molecule has 0 aromatic heterocycles. The molecule has 11 heteroatoms. The molecule has 4 rings (SSSR count). The summed E-state index contributed by atoms with van der Waals surface area (Å²) in [7, 11) is -5.94. The summed E-state index contributed by atoms with van der Waals surface area (Å²) in [6, 6.07) is 0. The minimum absolute atomic E-state index is 0.0517. The Hall–Kier alpha value is -0.666. The van der Waals surface area contributed by atoms with Crippen molar-refractivity contribution in [1.82, 2.24) is 0 Å². The normalized spacial score (nSPS) is 34.6. The Morgan fingerprint density at radius 2 is 1.27 bits per heavy atom. The molecule has 4 aliphatic rings. The fraction of sp³-hybridized carbons (Fsp3) is 0.931. The molecule has 0 aromatic carbocycles. The van der Waals surface area contributed by atoms with Gasteiger partial charge in [-0.3, -0.25) is 4.79 Å². The molecule has 4 fully saturated rings. The standard InChI is InChI=1S/C29H52O9Si2/c1-17(2)39(18(3)4)36-25-23(32)24(33-22(31)14-13-21(9)30)26-27(35-29(34-26)15-11-10-12-16-29)28(25)37-40(38-39,19(5)6)20(7)8/h17-20,23-28,32H,10-16H2,1-9H3/t23-,24-,25+,26+,27+,28-/m1/s1. The second kappa shape index (κ2) is 12.1. The third-order valence-corrected chi connectivity index (χ3v) is 19.7. The summed E-state index contributed by atoms with van der Waals surface area (Å²) < 4.78 is 41.0. The van der Waals surface area contributed by atoms with E-state index in [-0.39, 0.29) is 40.8 Å². The van der Waals surface area contributed by atoms with E-state index in [0.29, 0.717) is 0 Å². The number of ether oxygens (including phenoxy) is 3. The number of carbonyl (C=O) groups is 2. The number of aliphatic hydroxyl groups excluding tert-OH is 1. The Morgan fingerprint density at radius 1 is 0.775 bits per heavy atom. The maximum Gasteiger partial charge on any atom is 0.335 e. The van der Waals surface area contributed by atoms with E-state index in [9.17, 15) is 14.7 Å². The topological polar surface area (TPSA) is 110 Å². The fourth-order valence-corrected chi connectivity index (χ4v) is 18.5. The van der Waals surface area contributed by atoms with Gasteiger partial charge in [-0.05, 0) is 41.9 Å². The first kappa shape index (κ1) is 32.3. The van der Waals surface area contributed by atoms with Crippen LogP contribution < -0.4 is 0 Å². The molecule has 9 nitrogen and oxygen atoms in total. The molecule has 2 aliphatic heterocycles. The number of ketones is 1. The maximum atomic E-state index is 12.9. The molecule has 1 N–H and O–H groups in total. The fourth-order valence-electron chi connectivity index (χ4n) is 7.22. The quantitative estimate of drug-likeness (QED) is 0.289. The van der Waals surface area contributed by atoms with Gasteiger partial charge in [-0.2, -0.15) is 0 Å². The first-order valence-electron chi connectivity index (χ1n) is 15.5. The summed E-state index contributed by atoms with van der Waals surface area (Å²) in [5, 5.41) is 12.0. The lowest BCUT2D eigenvalue weighted by molar-refractivity contribution is -0.210. The Kier molecular flexibility index (Phi) is 9.79. The molecule has 0 aromatic rings. The Morgan fingerprint density at radius 3 is 1.77 bits per heavy atom. The Balaban J connectivity index is 1.80. The van der Waals surface area contributed by atoms with E-state index >= 15 is 0 Å². The van der Waals surface area contributed by atoms with Gasteiger partial charge in [-0.1, -0.05) is 61.8 Å². The Bertz CT molecular complexity index is 901. The minimum atomic E-state index is -3.00. The number of carbonyl (C=O) groups excluding carboxylic acids is 2. The lowest BCUT2D eigenvalue weighted by Crippen LogP contribution is -2.67. The molecule has 0 amide bonds. The van der Waals surface area contributed by atoms with Crippen molar-refractivity contribution in [2.75, 3.05) is 0 Å². The zero-order chi connectivity index (χ0) is 29.6. The number of fused-ring (bicyclic) bond motifs is 3. The van der Waals surface area contributed by atoms with Gasteiger partial charge < -0.3 is 37.1 Å². The predicted octanol–water partition coefficient (Wildman–Crippen LogP) is 5.41. The molecule has 0 unspecified atom stereocenters. The van der Waals surface area contributed by atoms with E-state index in [2.05, 4.69) is 55.4 Å². The number of hydrogen-bond donors (Lipinski definition) is 1. The average molecular weight is 601 g/mol. The summed E-state index contributed by atoms with van der Waals surface area (Å²) >= 11 is 0. The van der Waals surface area contributed by atoms with Gasteiger partial charge in [0.15, 0.2) is 11.9 Å². The van der Waals surface area contributed by atoms with Crippen LogP contribution in [0.3, 0.4) is 0 Å². The summed E-state index contributed by atoms with van der Waals surface area (Å²) in [6.07, 6.45) is -0.355. The van der Waals surface area contributed by atoms with Crippen LogP contribution in [0, 0.1) is 0 Å². The highest BCUT2D eigenvalue weighted by Crippen LogP contribution is 2.53. The van der Waals surface area contributed by atoms with E-state index in [4.69, 9.17) is 27.2 Å². The van der Waals surface area contributed by atoms with Gasteiger partial charge in [-0.25, -0.2) is 0 Å². The molecule has 0 bridgehead atoms. The molecule has 6 atom stereocenters. The van der Waals surface area contributed by atoms with Crippen LogP contribution in [0.1, 0.15) is 107 Å². The molecule has 1 spiro atoms. The van der Waals surface area contributed by atoms with Gasteiger partial charge in [0.1, 0.15) is 36.3 Å². The van der Waals surface area contributed by atoms with Crippen LogP contribution in [0.2, 0.25) is 22.2 Å². The number of rotatable bonds is 8. The Labute approximate surface area is 242 Å². The first-order chi connectivity index (χ1) is 18.7. The van der Waals surface area contributed by atoms with Gasteiger partial charge in [0, 0.05) is 19.3 Å². The van der Waals surface area contributed by atoms with E-state index in [1.165, 1.54) is 6.92 Å². The zero-order valence-corrected chi connectivity index (χ0v) is 27.9. The second-order valence-electron chi connectivity index (χ2n) is 13.6. The van der Waals surface area contributed by atoms with E-state index in [0.717, 1.165) is 32.1 Å². The summed E-state index contributed by atoms with van der Waals surface area (Å²) in [5.74, 6) is -1.43. The highest BCUT2D eigenvalue weighted by molar-refractivity contribution is 6.84. The molecule has 0 radical (unpaired) electrons. The van der Waals surface area contributed by atoms with Gasteiger partial charge in [-0.15, -0.1) is 0 Å². The molecular weight excluding hydrogens is 548 g/mol. The number of Topliss-reactive ketones (excluding diaryl/α,β-unsaturated/α-hetero) is 1. The van der Waals surface area contributed by atoms with Crippen molar-refractivity contribution >= 4 is 28.9 Å². The smallest absolute Gasteiger partial charge is 0.335 e. The number of esters is 1. The molecule has 2 heterocycles. The molecule has 230 valence electrons. The van der Waals surface area contributed by atoms with Crippen molar-refractivity contribution in [3.63, 3.8) is 0 Å². The van der Waals surface area contributed by atoms with Crippen molar-refractivity contribution in [1.29, 1.82) is 0 Å². The van der Waals surface area contributed by atoms with E-state index < -0.39 is 65.5 Å².